The van der Waals surface area contributed by atoms with E-state index in [0.717, 1.165) is 18.7 Å². The second kappa shape index (κ2) is 4.12. The molecule has 1 heterocycles. The van der Waals surface area contributed by atoms with Crippen LogP contribution in [0.2, 0.25) is 0 Å². The van der Waals surface area contributed by atoms with Gasteiger partial charge >= 0.3 is 0 Å². The summed E-state index contributed by atoms with van der Waals surface area (Å²) in [5.41, 5.74) is 0.746. The van der Waals surface area contributed by atoms with Gasteiger partial charge in [0, 0.05) is 26.8 Å². The highest BCUT2D eigenvalue weighted by Crippen LogP contribution is 2.03. The summed E-state index contributed by atoms with van der Waals surface area (Å²) in [5.74, 6) is 0.0920. The van der Waals surface area contributed by atoms with E-state index in [0.29, 0.717) is 0 Å². The molecule has 0 radical (unpaired) electrons. The van der Waals surface area contributed by atoms with Crippen molar-refractivity contribution in [3.05, 3.63) is 24.0 Å². The molecule has 3 heteroatoms. The Kier molecular flexibility index (Phi) is 3.12. The van der Waals surface area contributed by atoms with Gasteiger partial charge in [-0.1, -0.05) is 6.92 Å². The molecule has 0 spiro atoms. The van der Waals surface area contributed by atoms with Crippen molar-refractivity contribution in [2.75, 3.05) is 13.6 Å². The number of hydrogen-bond donors (Lipinski definition) is 0. The summed E-state index contributed by atoms with van der Waals surface area (Å²) in [6.07, 6.45) is 2.87. The third-order valence-electron chi connectivity index (χ3n) is 2.07. The van der Waals surface area contributed by atoms with Gasteiger partial charge in [0.25, 0.3) is 5.91 Å². The van der Waals surface area contributed by atoms with Crippen LogP contribution in [0.15, 0.2) is 18.3 Å². The molecule has 0 saturated heterocycles. The van der Waals surface area contributed by atoms with Crippen LogP contribution in [0.25, 0.3) is 0 Å². The van der Waals surface area contributed by atoms with Gasteiger partial charge in [0.05, 0.1) is 0 Å². The van der Waals surface area contributed by atoms with Crippen molar-refractivity contribution in [2.24, 2.45) is 7.05 Å². The lowest BCUT2D eigenvalue weighted by Gasteiger charge is -2.16. The van der Waals surface area contributed by atoms with Crippen LogP contribution in [0.5, 0.6) is 0 Å². The Morgan fingerprint density at radius 1 is 1.62 bits per heavy atom. The van der Waals surface area contributed by atoms with Crippen LogP contribution >= 0.6 is 0 Å². The van der Waals surface area contributed by atoms with Crippen LogP contribution < -0.4 is 0 Å². The number of aryl methyl sites for hydroxylation is 1. The van der Waals surface area contributed by atoms with Gasteiger partial charge in [-0.3, -0.25) is 4.79 Å². The Morgan fingerprint density at radius 2 is 2.31 bits per heavy atom. The second-order valence-electron chi connectivity index (χ2n) is 3.23. The van der Waals surface area contributed by atoms with E-state index in [1.54, 1.807) is 4.90 Å². The molecule has 3 nitrogen and oxygen atoms in total. The molecule has 1 aromatic rings. The van der Waals surface area contributed by atoms with E-state index in [4.69, 9.17) is 0 Å². The molecular weight excluding hydrogens is 164 g/mol. The SMILES string of the molecule is CCCN(C)C(=O)c1cccn1C. The highest BCUT2D eigenvalue weighted by atomic mass is 16.2. The molecule has 0 fully saturated rings. The van der Waals surface area contributed by atoms with E-state index in [9.17, 15) is 4.79 Å². The highest BCUT2D eigenvalue weighted by molar-refractivity contribution is 5.92. The Morgan fingerprint density at radius 3 is 2.77 bits per heavy atom. The van der Waals surface area contributed by atoms with Gasteiger partial charge in [-0.05, 0) is 18.6 Å². The largest absolute Gasteiger partial charge is 0.347 e. The number of hydrogen-bond acceptors (Lipinski definition) is 1. The fourth-order valence-corrected chi connectivity index (χ4v) is 1.32. The van der Waals surface area contributed by atoms with Crippen molar-refractivity contribution in [1.29, 1.82) is 0 Å². The number of nitrogens with zero attached hydrogens (tertiary/aromatic N) is 2. The first-order valence-electron chi connectivity index (χ1n) is 4.53. The molecular formula is C10H16N2O. The Hall–Kier alpha value is -1.25. The molecule has 0 atom stereocenters. The van der Waals surface area contributed by atoms with E-state index in [-0.39, 0.29) is 5.91 Å². The molecule has 13 heavy (non-hydrogen) atoms. The summed E-state index contributed by atoms with van der Waals surface area (Å²) >= 11 is 0. The predicted molar refractivity (Wildman–Crippen MR) is 52.7 cm³/mol. The fourth-order valence-electron chi connectivity index (χ4n) is 1.32. The second-order valence-corrected chi connectivity index (χ2v) is 3.23. The van der Waals surface area contributed by atoms with E-state index in [2.05, 4.69) is 6.92 Å². The Balaban J connectivity index is 2.73. The summed E-state index contributed by atoms with van der Waals surface area (Å²) in [5, 5.41) is 0. The number of aromatic nitrogens is 1. The van der Waals surface area contributed by atoms with Crippen molar-refractivity contribution in [3.8, 4) is 0 Å². The first kappa shape index (κ1) is 9.84. The summed E-state index contributed by atoms with van der Waals surface area (Å²) in [6, 6.07) is 3.72. The zero-order chi connectivity index (χ0) is 9.84. The topological polar surface area (TPSA) is 25.2 Å². The molecule has 0 aliphatic heterocycles. The molecule has 0 unspecified atom stereocenters. The molecule has 0 bridgehead atoms. The number of carbonyl (C=O) groups is 1. The lowest BCUT2D eigenvalue weighted by Crippen LogP contribution is -2.28. The van der Waals surface area contributed by atoms with Crippen LogP contribution in [0, 0.1) is 0 Å². The van der Waals surface area contributed by atoms with Gasteiger partial charge in [0.2, 0.25) is 0 Å². The quantitative estimate of drug-likeness (QED) is 0.692. The third kappa shape index (κ3) is 2.11. The van der Waals surface area contributed by atoms with Crippen LogP contribution in [-0.2, 0) is 7.05 Å². The monoisotopic (exact) mass is 180 g/mol. The van der Waals surface area contributed by atoms with E-state index < -0.39 is 0 Å². The highest BCUT2D eigenvalue weighted by Gasteiger charge is 2.12. The van der Waals surface area contributed by atoms with Crippen molar-refractivity contribution in [2.45, 2.75) is 13.3 Å². The number of carbonyl (C=O) groups excluding carboxylic acids is 1. The third-order valence-corrected chi connectivity index (χ3v) is 2.07. The van der Waals surface area contributed by atoms with Crippen molar-refractivity contribution >= 4 is 5.91 Å². The van der Waals surface area contributed by atoms with Gasteiger partial charge in [-0.15, -0.1) is 0 Å². The first-order valence-corrected chi connectivity index (χ1v) is 4.53. The summed E-state index contributed by atoms with van der Waals surface area (Å²) < 4.78 is 1.84. The van der Waals surface area contributed by atoms with Crippen molar-refractivity contribution in [3.63, 3.8) is 0 Å². The van der Waals surface area contributed by atoms with Gasteiger partial charge in [0.15, 0.2) is 0 Å². The predicted octanol–water partition coefficient (Wildman–Crippen LogP) is 1.51. The summed E-state index contributed by atoms with van der Waals surface area (Å²) in [7, 11) is 3.71. The average Bonchev–Trinajstić information content (AvgIpc) is 2.50. The number of amides is 1. The maximum absolute atomic E-state index is 11.7. The number of rotatable bonds is 3. The lowest BCUT2D eigenvalue weighted by molar-refractivity contribution is 0.0786. The molecule has 0 aromatic carbocycles. The summed E-state index contributed by atoms with van der Waals surface area (Å²) in [6.45, 7) is 2.87. The Bertz CT molecular complexity index is 291. The fraction of sp³-hybridized carbons (Fsp3) is 0.500. The smallest absolute Gasteiger partial charge is 0.270 e. The molecule has 1 aromatic heterocycles. The average molecular weight is 180 g/mol. The van der Waals surface area contributed by atoms with Crippen LogP contribution in [0.4, 0.5) is 0 Å². The molecule has 0 aliphatic carbocycles. The zero-order valence-electron chi connectivity index (χ0n) is 8.45. The van der Waals surface area contributed by atoms with Crippen LogP contribution in [0.1, 0.15) is 23.8 Å². The van der Waals surface area contributed by atoms with Crippen LogP contribution in [-0.4, -0.2) is 29.0 Å². The normalized spacial score (nSPS) is 10.1. The Labute approximate surface area is 79.0 Å². The van der Waals surface area contributed by atoms with Crippen molar-refractivity contribution < 1.29 is 4.79 Å². The van der Waals surface area contributed by atoms with E-state index in [1.807, 2.05) is 37.0 Å². The molecule has 1 rings (SSSR count). The van der Waals surface area contributed by atoms with Crippen LogP contribution in [0.3, 0.4) is 0 Å². The standard InChI is InChI=1S/C10H16N2O/c1-4-7-12(3)10(13)9-6-5-8-11(9)2/h5-6,8H,4,7H2,1-3H3. The van der Waals surface area contributed by atoms with Crippen molar-refractivity contribution in [1.82, 2.24) is 9.47 Å². The molecule has 0 N–H and O–H groups in total. The van der Waals surface area contributed by atoms with Gasteiger partial charge in [0.1, 0.15) is 5.69 Å². The van der Waals surface area contributed by atoms with Gasteiger partial charge < -0.3 is 9.47 Å². The molecule has 0 saturated carbocycles. The maximum Gasteiger partial charge on any atom is 0.270 e. The van der Waals surface area contributed by atoms with E-state index in [1.165, 1.54) is 0 Å². The minimum Gasteiger partial charge on any atom is -0.347 e. The van der Waals surface area contributed by atoms with E-state index >= 15 is 0 Å². The van der Waals surface area contributed by atoms with Gasteiger partial charge in [-0.2, -0.15) is 0 Å². The first-order chi connectivity index (χ1) is 6.16. The zero-order valence-corrected chi connectivity index (χ0v) is 8.45. The molecule has 1 amide bonds. The minimum atomic E-state index is 0.0920. The maximum atomic E-state index is 11.7. The molecule has 0 aliphatic rings. The molecule has 72 valence electrons. The summed E-state index contributed by atoms with van der Waals surface area (Å²) in [4.78, 5) is 13.5. The van der Waals surface area contributed by atoms with Gasteiger partial charge in [-0.25, -0.2) is 0 Å². The lowest BCUT2D eigenvalue weighted by atomic mass is 10.3. The minimum absolute atomic E-state index is 0.0920.